The fraction of sp³-hybridized carbons (Fsp3) is 0.375. The highest BCUT2D eigenvalue weighted by Crippen LogP contribution is 2.26. The van der Waals surface area contributed by atoms with Gasteiger partial charge in [-0.3, -0.25) is 9.48 Å². The first-order valence-electron chi connectivity index (χ1n) is 8.05. The van der Waals surface area contributed by atoms with Crippen molar-refractivity contribution in [1.29, 1.82) is 0 Å². The average molecular weight is 359 g/mol. The molecule has 1 fully saturated rings. The Morgan fingerprint density at radius 1 is 1.48 bits per heavy atom. The van der Waals surface area contributed by atoms with Gasteiger partial charge in [-0.05, 0) is 18.4 Å². The van der Waals surface area contributed by atoms with Gasteiger partial charge >= 0.3 is 0 Å². The van der Waals surface area contributed by atoms with Crippen molar-refractivity contribution < 1.29 is 14.1 Å². The fourth-order valence-corrected chi connectivity index (χ4v) is 3.33. The fourth-order valence-electron chi connectivity index (χ4n) is 2.68. The standard InChI is InChI=1S/C16H17N5O3S/c1-2-21-9-11(8-17-21)16(22)20-5-6-23-12(10-20)15-18-14(19-24-15)13-4-3-7-25-13/h3-4,7-9,12H,2,5-6,10H2,1H3. The van der Waals surface area contributed by atoms with Crippen LogP contribution in [-0.4, -0.2) is 50.4 Å². The molecule has 1 amide bonds. The Kier molecular flexibility index (Phi) is 4.33. The molecule has 130 valence electrons. The maximum absolute atomic E-state index is 12.6. The maximum Gasteiger partial charge on any atom is 0.257 e. The van der Waals surface area contributed by atoms with Gasteiger partial charge in [-0.25, -0.2) is 0 Å². The molecule has 0 bridgehead atoms. The summed E-state index contributed by atoms with van der Waals surface area (Å²) in [6, 6.07) is 3.87. The number of aromatic nitrogens is 4. The van der Waals surface area contributed by atoms with Crippen LogP contribution < -0.4 is 0 Å². The number of carbonyl (C=O) groups excluding carboxylic acids is 1. The van der Waals surface area contributed by atoms with E-state index in [0.717, 1.165) is 11.4 Å². The summed E-state index contributed by atoms with van der Waals surface area (Å²) in [6.07, 6.45) is 2.94. The predicted molar refractivity (Wildman–Crippen MR) is 90.1 cm³/mol. The molecular formula is C16H17N5O3S. The molecule has 4 rings (SSSR count). The van der Waals surface area contributed by atoms with E-state index in [-0.39, 0.29) is 5.91 Å². The second-order valence-corrected chi connectivity index (χ2v) is 6.58. The quantitative estimate of drug-likeness (QED) is 0.710. The van der Waals surface area contributed by atoms with Gasteiger partial charge in [0.1, 0.15) is 0 Å². The lowest BCUT2D eigenvalue weighted by molar-refractivity contribution is -0.0367. The first kappa shape index (κ1) is 16.0. The van der Waals surface area contributed by atoms with E-state index < -0.39 is 6.10 Å². The van der Waals surface area contributed by atoms with E-state index in [1.54, 1.807) is 33.3 Å². The molecule has 0 saturated carbocycles. The molecule has 1 aliphatic heterocycles. The van der Waals surface area contributed by atoms with E-state index in [1.807, 2.05) is 24.4 Å². The van der Waals surface area contributed by atoms with E-state index >= 15 is 0 Å². The Hall–Kier alpha value is -2.52. The summed E-state index contributed by atoms with van der Waals surface area (Å²) in [5.74, 6) is 0.873. The zero-order valence-corrected chi connectivity index (χ0v) is 14.5. The normalized spacial score (nSPS) is 17.8. The average Bonchev–Trinajstić information content (AvgIpc) is 3.41. The molecule has 25 heavy (non-hydrogen) atoms. The van der Waals surface area contributed by atoms with Gasteiger partial charge in [0.2, 0.25) is 5.82 Å². The molecule has 3 aromatic rings. The monoisotopic (exact) mass is 359 g/mol. The number of ether oxygens (including phenoxy) is 1. The van der Waals surface area contributed by atoms with Crippen LogP contribution in [0, 0.1) is 0 Å². The van der Waals surface area contributed by atoms with E-state index in [1.165, 1.54) is 0 Å². The molecule has 1 saturated heterocycles. The van der Waals surface area contributed by atoms with Gasteiger partial charge in [0.15, 0.2) is 6.10 Å². The number of hydrogen-bond acceptors (Lipinski definition) is 7. The number of carbonyl (C=O) groups is 1. The van der Waals surface area contributed by atoms with Crippen molar-refractivity contribution in [2.45, 2.75) is 19.6 Å². The Morgan fingerprint density at radius 2 is 2.40 bits per heavy atom. The first-order valence-corrected chi connectivity index (χ1v) is 8.93. The number of hydrogen-bond donors (Lipinski definition) is 0. The van der Waals surface area contributed by atoms with Gasteiger partial charge < -0.3 is 14.2 Å². The van der Waals surface area contributed by atoms with Crippen LogP contribution in [0.3, 0.4) is 0 Å². The zero-order valence-electron chi connectivity index (χ0n) is 13.7. The SMILES string of the molecule is CCn1cc(C(=O)N2CCOC(c3nc(-c4cccs4)no3)C2)cn1. The Bertz CT molecular complexity index is 857. The summed E-state index contributed by atoms with van der Waals surface area (Å²) in [6.45, 7) is 4.04. The molecule has 3 aromatic heterocycles. The summed E-state index contributed by atoms with van der Waals surface area (Å²) in [5.41, 5.74) is 0.576. The van der Waals surface area contributed by atoms with E-state index in [0.29, 0.717) is 37.0 Å². The number of rotatable bonds is 4. The van der Waals surface area contributed by atoms with Crippen molar-refractivity contribution in [3.63, 3.8) is 0 Å². The highest BCUT2D eigenvalue weighted by Gasteiger charge is 2.30. The number of aryl methyl sites for hydroxylation is 1. The molecule has 0 spiro atoms. The molecule has 0 aromatic carbocycles. The molecule has 8 nitrogen and oxygen atoms in total. The topological polar surface area (TPSA) is 86.3 Å². The van der Waals surface area contributed by atoms with Crippen molar-refractivity contribution in [3.05, 3.63) is 41.4 Å². The highest BCUT2D eigenvalue weighted by molar-refractivity contribution is 7.13. The summed E-state index contributed by atoms with van der Waals surface area (Å²) in [5, 5.41) is 10.1. The third kappa shape index (κ3) is 3.20. The zero-order chi connectivity index (χ0) is 17.2. The highest BCUT2D eigenvalue weighted by atomic mass is 32.1. The van der Waals surface area contributed by atoms with Crippen molar-refractivity contribution in [2.24, 2.45) is 0 Å². The second-order valence-electron chi connectivity index (χ2n) is 5.63. The van der Waals surface area contributed by atoms with Crippen molar-refractivity contribution in [3.8, 4) is 10.7 Å². The number of amides is 1. The van der Waals surface area contributed by atoms with Gasteiger partial charge in [-0.15, -0.1) is 11.3 Å². The molecule has 9 heteroatoms. The Morgan fingerprint density at radius 3 is 3.16 bits per heavy atom. The van der Waals surface area contributed by atoms with Crippen LogP contribution in [0.1, 0.15) is 29.3 Å². The Balaban J connectivity index is 1.48. The number of morpholine rings is 1. The largest absolute Gasteiger partial charge is 0.365 e. The maximum atomic E-state index is 12.6. The van der Waals surface area contributed by atoms with Gasteiger partial charge in [0.25, 0.3) is 11.8 Å². The molecule has 4 heterocycles. The van der Waals surface area contributed by atoms with E-state index in [2.05, 4.69) is 15.2 Å². The lowest BCUT2D eigenvalue weighted by Crippen LogP contribution is -2.42. The summed E-state index contributed by atoms with van der Waals surface area (Å²) >= 11 is 1.54. The van der Waals surface area contributed by atoms with Crippen LogP contribution >= 0.6 is 11.3 Å². The lowest BCUT2D eigenvalue weighted by Gasteiger charge is -2.30. The summed E-state index contributed by atoms with van der Waals surface area (Å²) < 4.78 is 12.8. The minimum atomic E-state index is -0.417. The second kappa shape index (κ2) is 6.77. The molecule has 0 aliphatic carbocycles. The molecule has 0 N–H and O–H groups in total. The van der Waals surface area contributed by atoms with Gasteiger partial charge in [0.05, 0.1) is 29.8 Å². The summed E-state index contributed by atoms with van der Waals surface area (Å²) in [4.78, 5) is 19.7. The molecular weight excluding hydrogens is 342 g/mol. The van der Waals surface area contributed by atoms with Crippen molar-refractivity contribution in [2.75, 3.05) is 19.7 Å². The van der Waals surface area contributed by atoms with Crippen LogP contribution in [0.2, 0.25) is 0 Å². The minimum Gasteiger partial charge on any atom is -0.365 e. The number of thiophene rings is 1. The van der Waals surface area contributed by atoms with Crippen molar-refractivity contribution >= 4 is 17.2 Å². The lowest BCUT2D eigenvalue weighted by atomic mass is 10.2. The molecule has 1 aliphatic rings. The van der Waals surface area contributed by atoms with E-state index in [4.69, 9.17) is 9.26 Å². The summed E-state index contributed by atoms with van der Waals surface area (Å²) in [7, 11) is 0. The van der Waals surface area contributed by atoms with Crippen LogP contribution in [0.5, 0.6) is 0 Å². The van der Waals surface area contributed by atoms with Gasteiger partial charge in [-0.1, -0.05) is 11.2 Å². The number of nitrogens with zero attached hydrogens (tertiary/aromatic N) is 5. The van der Waals surface area contributed by atoms with Crippen LogP contribution in [-0.2, 0) is 11.3 Å². The van der Waals surface area contributed by atoms with Gasteiger partial charge in [-0.2, -0.15) is 10.1 Å². The third-order valence-corrected chi connectivity index (χ3v) is 4.88. The van der Waals surface area contributed by atoms with Crippen molar-refractivity contribution in [1.82, 2.24) is 24.8 Å². The predicted octanol–water partition coefficient (Wildman–Crippen LogP) is 2.23. The smallest absolute Gasteiger partial charge is 0.257 e. The first-order chi connectivity index (χ1) is 12.2. The Labute approximate surface area is 148 Å². The van der Waals surface area contributed by atoms with Gasteiger partial charge in [0, 0.05) is 19.3 Å². The minimum absolute atomic E-state index is 0.0639. The van der Waals surface area contributed by atoms with E-state index in [9.17, 15) is 4.79 Å². The molecule has 1 atom stereocenters. The van der Waals surface area contributed by atoms with Crippen LogP contribution in [0.25, 0.3) is 10.7 Å². The molecule has 1 unspecified atom stereocenters. The molecule has 0 radical (unpaired) electrons. The van der Waals surface area contributed by atoms with Crippen LogP contribution in [0.4, 0.5) is 0 Å². The van der Waals surface area contributed by atoms with Crippen LogP contribution in [0.15, 0.2) is 34.4 Å². The third-order valence-electron chi connectivity index (χ3n) is 4.02.